The molecule has 0 N–H and O–H groups in total. The molecule has 0 amide bonds. The van der Waals surface area contributed by atoms with E-state index in [0.29, 0.717) is 17.5 Å². The van der Waals surface area contributed by atoms with Crippen LogP contribution < -0.4 is 0 Å². The summed E-state index contributed by atoms with van der Waals surface area (Å²) in [6.07, 6.45) is 3.90. The number of nitro groups is 2. The third-order valence-corrected chi connectivity index (χ3v) is 4.60. The Morgan fingerprint density at radius 3 is 2.68 bits per heavy atom. The van der Waals surface area contributed by atoms with Crippen molar-refractivity contribution in [2.75, 3.05) is 6.61 Å². The van der Waals surface area contributed by atoms with Crippen LogP contribution in [-0.2, 0) is 4.74 Å². The summed E-state index contributed by atoms with van der Waals surface area (Å²) in [6.45, 7) is 0.609. The number of nitro benzene ring substituents is 2. The maximum atomic E-state index is 11.2. The quantitative estimate of drug-likeness (QED) is 0.430. The first kappa shape index (κ1) is 15.1. The maximum absolute atomic E-state index is 11.2. The van der Waals surface area contributed by atoms with E-state index in [0.717, 1.165) is 19.3 Å². The molecule has 1 saturated heterocycles. The minimum Gasteiger partial charge on any atom is -0.356 e. The molecule has 22 heavy (non-hydrogen) atoms. The van der Waals surface area contributed by atoms with Crippen LogP contribution in [0, 0.1) is 23.8 Å². The van der Waals surface area contributed by atoms with Gasteiger partial charge >= 0.3 is 11.4 Å². The summed E-state index contributed by atoms with van der Waals surface area (Å²) in [5.41, 5.74) is -0.522. The van der Waals surface area contributed by atoms with Crippen LogP contribution in [0.15, 0.2) is 12.3 Å². The van der Waals surface area contributed by atoms with Crippen LogP contribution >= 0.6 is 22.6 Å². The van der Waals surface area contributed by atoms with Crippen LogP contribution in [0.1, 0.15) is 25.5 Å². The van der Waals surface area contributed by atoms with Gasteiger partial charge in [-0.2, -0.15) is 5.10 Å². The minimum absolute atomic E-state index is 0.207. The molecule has 2 heterocycles. The largest absolute Gasteiger partial charge is 0.361 e. The van der Waals surface area contributed by atoms with Gasteiger partial charge in [-0.05, 0) is 41.9 Å². The lowest BCUT2D eigenvalue weighted by atomic mass is 10.1. The molecule has 3 rings (SSSR count). The zero-order valence-electron chi connectivity index (χ0n) is 11.3. The number of benzene rings is 1. The summed E-state index contributed by atoms with van der Waals surface area (Å²) >= 11 is 1.77. The molecular formula is C12H11IN4O5. The predicted molar refractivity (Wildman–Crippen MR) is 84.6 cm³/mol. The monoisotopic (exact) mass is 418 g/mol. The lowest BCUT2D eigenvalue weighted by Gasteiger charge is -2.23. The van der Waals surface area contributed by atoms with E-state index in [1.807, 2.05) is 0 Å². The molecule has 1 aromatic heterocycles. The topological polar surface area (TPSA) is 113 Å². The first-order valence-corrected chi connectivity index (χ1v) is 7.68. The predicted octanol–water partition coefficient (Wildman–Crippen LogP) is 3.16. The van der Waals surface area contributed by atoms with Crippen molar-refractivity contribution in [3.63, 3.8) is 0 Å². The Kier molecular flexibility index (Phi) is 3.95. The van der Waals surface area contributed by atoms with Gasteiger partial charge in [-0.25, -0.2) is 4.68 Å². The van der Waals surface area contributed by atoms with Gasteiger partial charge in [0.25, 0.3) is 0 Å². The van der Waals surface area contributed by atoms with Crippen molar-refractivity contribution in [1.82, 2.24) is 9.78 Å². The fourth-order valence-corrected chi connectivity index (χ4v) is 3.63. The van der Waals surface area contributed by atoms with Crippen molar-refractivity contribution in [1.29, 1.82) is 0 Å². The number of fused-ring (bicyclic) bond motifs is 1. The van der Waals surface area contributed by atoms with E-state index in [1.54, 1.807) is 27.3 Å². The van der Waals surface area contributed by atoms with Gasteiger partial charge in [0, 0.05) is 18.1 Å². The second-order valence-electron chi connectivity index (χ2n) is 4.92. The highest BCUT2D eigenvalue weighted by atomic mass is 127. The third-order valence-electron chi connectivity index (χ3n) is 3.58. The van der Waals surface area contributed by atoms with Crippen molar-refractivity contribution >= 4 is 44.9 Å². The van der Waals surface area contributed by atoms with Crippen LogP contribution in [0.4, 0.5) is 11.4 Å². The number of aromatic nitrogens is 2. The zero-order valence-corrected chi connectivity index (χ0v) is 13.4. The highest BCUT2D eigenvalue weighted by Crippen LogP contribution is 2.39. The van der Waals surface area contributed by atoms with E-state index in [1.165, 1.54) is 12.3 Å². The Bertz CT molecular complexity index is 768. The van der Waals surface area contributed by atoms with E-state index in [-0.39, 0.29) is 9.80 Å². The normalized spacial score (nSPS) is 18.5. The van der Waals surface area contributed by atoms with Crippen LogP contribution in [-0.4, -0.2) is 26.2 Å². The molecule has 1 atom stereocenters. The summed E-state index contributed by atoms with van der Waals surface area (Å²) < 4.78 is 7.45. The van der Waals surface area contributed by atoms with Gasteiger partial charge in [0.05, 0.1) is 21.6 Å². The highest BCUT2D eigenvalue weighted by molar-refractivity contribution is 14.1. The average Bonchev–Trinajstić information content (AvgIpc) is 2.91. The molecule has 2 aromatic rings. The number of nitrogens with zero attached hydrogens (tertiary/aromatic N) is 4. The smallest absolute Gasteiger partial charge is 0.356 e. The van der Waals surface area contributed by atoms with Gasteiger partial charge in [-0.3, -0.25) is 20.2 Å². The van der Waals surface area contributed by atoms with Crippen molar-refractivity contribution in [2.45, 2.75) is 25.5 Å². The number of ether oxygens (including phenoxy) is 1. The molecule has 1 aromatic carbocycles. The molecule has 116 valence electrons. The molecule has 0 spiro atoms. The lowest BCUT2D eigenvalue weighted by molar-refractivity contribution is -0.423. The molecule has 10 heteroatoms. The molecular weight excluding hydrogens is 407 g/mol. The first-order chi connectivity index (χ1) is 10.5. The Labute approximate surface area is 137 Å². The van der Waals surface area contributed by atoms with E-state index in [2.05, 4.69) is 5.10 Å². The molecule has 9 nitrogen and oxygen atoms in total. The first-order valence-electron chi connectivity index (χ1n) is 6.61. The molecule has 0 aliphatic carbocycles. The van der Waals surface area contributed by atoms with E-state index >= 15 is 0 Å². The van der Waals surface area contributed by atoms with Gasteiger partial charge in [0.15, 0.2) is 6.23 Å². The summed E-state index contributed by atoms with van der Waals surface area (Å²) in [6, 6.07) is 1.20. The Morgan fingerprint density at radius 1 is 1.32 bits per heavy atom. The average molecular weight is 418 g/mol. The van der Waals surface area contributed by atoms with E-state index in [9.17, 15) is 20.2 Å². The second kappa shape index (κ2) is 5.76. The Hall–Kier alpha value is -1.82. The Balaban J connectivity index is 2.24. The molecule has 1 fully saturated rings. The van der Waals surface area contributed by atoms with Gasteiger partial charge in [-0.15, -0.1) is 0 Å². The molecule has 1 unspecified atom stereocenters. The van der Waals surface area contributed by atoms with Gasteiger partial charge in [0.2, 0.25) is 0 Å². The fourth-order valence-electron chi connectivity index (χ4n) is 2.60. The minimum atomic E-state index is -0.742. The number of hydrogen-bond acceptors (Lipinski definition) is 6. The third kappa shape index (κ3) is 2.41. The van der Waals surface area contributed by atoms with Crippen molar-refractivity contribution in [3.8, 4) is 0 Å². The molecule has 0 bridgehead atoms. The summed E-state index contributed by atoms with van der Waals surface area (Å²) in [4.78, 5) is 20.8. The van der Waals surface area contributed by atoms with Crippen LogP contribution in [0.2, 0.25) is 0 Å². The van der Waals surface area contributed by atoms with Crippen LogP contribution in [0.3, 0.4) is 0 Å². The number of hydrogen-bond donors (Lipinski definition) is 0. The molecule has 0 radical (unpaired) electrons. The SMILES string of the molecule is O=[N+]([O-])c1cc2cnn(C3CCCCO3)c2c(I)c1[N+](=O)[O-]. The maximum Gasteiger partial charge on any atom is 0.361 e. The molecule has 1 aliphatic rings. The zero-order chi connectivity index (χ0) is 15.9. The number of halogens is 1. The van der Waals surface area contributed by atoms with Crippen molar-refractivity contribution in [2.24, 2.45) is 0 Å². The second-order valence-corrected chi connectivity index (χ2v) is 6.00. The summed E-state index contributed by atoms with van der Waals surface area (Å²) in [7, 11) is 0. The van der Waals surface area contributed by atoms with Gasteiger partial charge in [0.1, 0.15) is 3.57 Å². The Morgan fingerprint density at radius 2 is 2.09 bits per heavy atom. The van der Waals surface area contributed by atoms with E-state index in [4.69, 9.17) is 4.74 Å². The summed E-state index contributed by atoms with van der Waals surface area (Å²) in [5.74, 6) is 0. The molecule has 0 saturated carbocycles. The highest BCUT2D eigenvalue weighted by Gasteiger charge is 2.32. The van der Waals surface area contributed by atoms with Crippen molar-refractivity contribution in [3.05, 3.63) is 36.1 Å². The lowest BCUT2D eigenvalue weighted by Crippen LogP contribution is -2.19. The summed E-state index contributed by atoms with van der Waals surface area (Å²) in [5, 5.41) is 27.0. The molecule has 1 aliphatic heterocycles. The number of rotatable bonds is 3. The fraction of sp³-hybridized carbons (Fsp3) is 0.417. The van der Waals surface area contributed by atoms with Gasteiger partial charge < -0.3 is 4.74 Å². The van der Waals surface area contributed by atoms with Crippen molar-refractivity contribution < 1.29 is 14.6 Å². The van der Waals surface area contributed by atoms with E-state index < -0.39 is 21.2 Å². The van der Waals surface area contributed by atoms with Crippen LogP contribution in [0.5, 0.6) is 0 Å². The van der Waals surface area contributed by atoms with Gasteiger partial charge in [-0.1, -0.05) is 0 Å². The van der Waals surface area contributed by atoms with Crippen LogP contribution in [0.25, 0.3) is 10.9 Å². The standard InChI is InChI=1S/C12H11IN4O5/c13-10-11-7(5-8(16(18)19)12(10)17(20)21)6-14-15(11)9-3-1-2-4-22-9/h5-6,9H,1-4H2.